The first-order chi connectivity index (χ1) is 9.52. The molecule has 4 nitrogen and oxygen atoms in total. The monoisotopic (exact) mass is 285 g/mol. The molecule has 6 heteroatoms. The molecule has 0 aliphatic carbocycles. The van der Waals surface area contributed by atoms with Crippen LogP contribution in [0.3, 0.4) is 0 Å². The number of carbonyl (C=O) groups is 1. The van der Waals surface area contributed by atoms with Crippen molar-refractivity contribution < 1.29 is 23.4 Å². The summed E-state index contributed by atoms with van der Waals surface area (Å²) < 4.78 is 31.2. The molecule has 1 aliphatic heterocycles. The summed E-state index contributed by atoms with van der Waals surface area (Å²) in [6.45, 7) is 2.03. The molecule has 1 N–H and O–H groups in total. The van der Waals surface area contributed by atoms with E-state index in [4.69, 9.17) is 4.74 Å². The van der Waals surface area contributed by atoms with E-state index in [-0.39, 0.29) is 5.92 Å². The number of hydrogen-bond donors (Lipinski definition) is 1. The molecule has 2 unspecified atom stereocenters. The molecule has 0 amide bonds. The third-order valence-corrected chi connectivity index (χ3v) is 3.70. The third kappa shape index (κ3) is 3.13. The largest absolute Gasteiger partial charge is 0.481 e. The van der Waals surface area contributed by atoms with Crippen LogP contribution in [0.2, 0.25) is 0 Å². The van der Waals surface area contributed by atoms with Crippen molar-refractivity contribution >= 4 is 5.97 Å². The van der Waals surface area contributed by atoms with Crippen molar-refractivity contribution in [2.45, 2.75) is 5.92 Å². The predicted octanol–water partition coefficient (Wildman–Crippen LogP) is 1.71. The fraction of sp³-hybridized carbons (Fsp3) is 0.500. The van der Waals surface area contributed by atoms with Crippen molar-refractivity contribution in [1.82, 2.24) is 4.90 Å². The molecule has 1 aromatic rings. The molecule has 0 aromatic heterocycles. The molecular weight excluding hydrogens is 268 g/mol. The molecule has 110 valence electrons. The standard InChI is InChI=1S/C14H17F2NO3/c1-20-5-4-17-7-10(11(8-17)14(18)19)9-2-3-12(15)13(16)6-9/h2-3,6,10-11H,4-5,7-8H2,1H3,(H,18,19). The molecule has 0 bridgehead atoms. The van der Waals surface area contributed by atoms with E-state index in [0.29, 0.717) is 31.8 Å². The Balaban J connectivity index is 2.18. The average molecular weight is 285 g/mol. The first kappa shape index (κ1) is 14.9. The number of rotatable bonds is 5. The highest BCUT2D eigenvalue weighted by molar-refractivity contribution is 5.72. The van der Waals surface area contributed by atoms with Gasteiger partial charge in [0.25, 0.3) is 0 Å². The summed E-state index contributed by atoms with van der Waals surface area (Å²) >= 11 is 0. The number of methoxy groups -OCH3 is 1. The lowest BCUT2D eigenvalue weighted by Gasteiger charge is -2.16. The maximum absolute atomic E-state index is 13.3. The van der Waals surface area contributed by atoms with Crippen LogP contribution in [0.15, 0.2) is 18.2 Å². The Morgan fingerprint density at radius 2 is 2.15 bits per heavy atom. The van der Waals surface area contributed by atoms with Gasteiger partial charge >= 0.3 is 5.97 Å². The fourth-order valence-corrected chi connectivity index (χ4v) is 2.62. The Morgan fingerprint density at radius 3 is 2.75 bits per heavy atom. The molecule has 1 saturated heterocycles. The SMILES string of the molecule is COCCN1CC(C(=O)O)C(c2ccc(F)c(F)c2)C1. The van der Waals surface area contributed by atoms with Gasteiger partial charge in [0.05, 0.1) is 12.5 Å². The van der Waals surface area contributed by atoms with Crippen molar-refractivity contribution in [3.63, 3.8) is 0 Å². The average Bonchev–Trinajstić information content (AvgIpc) is 2.84. The number of likely N-dealkylation sites (tertiary alicyclic amines) is 1. The fourth-order valence-electron chi connectivity index (χ4n) is 2.62. The highest BCUT2D eigenvalue weighted by atomic mass is 19.2. The molecule has 0 saturated carbocycles. The van der Waals surface area contributed by atoms with Gasteiger partial charge in [0.15, 0.2) is 11.6 Å². The second-order valence-electron chi connectivity index (χ2n) is 4.98. The van der Waals surface area contributed by atoms with Gasteiger partial charge in [-0.2, -0.15) is 0 Å². The van der Waals surface area contributed by atoms with Crippen LogP contribution in [0, 0.1) is 17.6 Å². The van der Waals surface area contributed by atoms with Gasteiger partial charge in [-0.1, -0.05) is 6.07 Å². The summed E-state index contributed by atoms with van der Waals surface area (Å²) in [4.78, 5) is 13.3. The normalized spacial score (nSPS) is 23.1. The minimum Gasteiger partial charge on any atom is -0.481 e. The maximum Gasteiger partial charge on any atom is 0.308 e. The molecule has 2 atom stereocenters. The van der Waals surface area contributed by atoms with Crippen LogP contribution in [0.4, 0.5) is 8.78 Å². The number of carboxylic acid groups (broad SMARTS) is 1. The highest BCUT2D eigenvalue weighted by Crippen LogP contribution is 2.33. The van der Waals surface area contributed by atoms with E-state index in [1.165, 1.54) is 6.07 Å². The smallest absolute Gasteiger partial charge is 0.308 e. The van der Waals surface area contributed by atoms with Crippen LogP contribution in [-0.4, -0.2) is 49.3 Å². The van der Waals surface area contributed by atoms with E-state index in [9.17, 15) is 18.7 Å². The van der Waals surface area contributed by atoms with Gasteiger partial charge in [-0.05, 0) is 17.7 Å². The zero-order valence-electron chi connectivity index (χ0n) is 11.2. The van der Waals surface area contributed by atoms with Crippen LogP contribution in [0.25, 0.3) is 0 Å². The van der Waals surface area contributed by atoms with E-state index < -0.39 is 23.5 Å². The number of carboxylic acids is 1. The Labute approximate surface area is 116 Å². The highest BCUT2D eigenvalue weighted by Gasteiger charge is 2.38. The van der Waals surface area contributed by atoms with E-state index >= 15 is 0 Å². The van der Waals surface area contributed by atoms with Crippen LogP contribution < -0.4 is 0 Å². The molecular formula is C14H17F2NO3. The Morgan fingerprint density at radius 1 is 1.40 bits per heavy atom. The summed E-state index contributed by atoms with van der Waals surface area (Å²) in [7, 11) is 1.58. The van der Waals surface area contributed by atoms with Crippen molar-refractivity contribution in [3.8, 4) is 0 Å². The minimum absolute atomic E-state index is 0.334. The van der Waals surface area contributed by atoms with Crippen molar-refractivity contribution in [2.75, 3.05) is 33.4 Å². The number of hydrogen-bond acceptors (Lipinski definition) is 3. The molecule has 2 rings (SSSR count). The second-order valence-corrected chi connectivity index (χ2v) is 4.98. The molecule has 20 heavy (non-hydrogen) atoms. The topological polar surface area (TPSA) is 49.8 Å². The molecule has 0 radical (unpaired) electrons. The number of benzene rings is 1. The van der Waals surface area contributed by atoms with E-state index in [0.717, 1.165) is 12.1 Å². The van der Waals surface area contributed by atoms with Gasteiger partial charge in [0.1, 0.15) is 0 Å². The summed E-state index contributed by atoms with van der Waals surface area (Å²) in [5.41, 5.74) is 0.524. The lowest BCUT2D eigenvalue weighted by Crippen LogP contribution is -2.26. The van der Waals surface area contributed by atoms with E-state index in [2.05, 4.69) is 0 Å². The number of ether oxygens (including phenoxy) is 1. The van der Waals surface area contributed by atoms with Crippen LogP contribution in [0.5, 0.6) is 0 Å². The lowest BCUT2D eigenvalue weighted by atomic mass is 9.89. The summed E-state index contributed by atoms with van der Waals surface area (Å²) in [6, 6.07) is 3.59. The Hall–Kier alpha value is -1.53. The van der Waals surface area contributed by atoms with Crippen molar-refractivity contribution in [2.24, 2.45) is 5.92 Å². The molecule has 0 spiro atoms. The summed E-state index contributed by atoms with van der Waals surface area (Å²) in [5, 5.41) is 9.29. The van der Waals surface area contributed by atoms with Gasteiger partial charge in [-0.25, -0.2) is 8.78 Å². The first-order valence-corrected chi connectivity index (χ1v) is 6.42. The van der Waals surface area contributed by atoms with Gasteiger partial charge < -0.3 is 9.84 Å². The molecule has 1 aromatic carbocycles. The van der Waals surface area contributed by atoms with Crippen molar-refractivity contribution in [1.29, 1.82) is 0 Å². The van der Waals surface area contributed by atoms with Crippen molar-refractivity contribution in [3.05, 3.63) is 35.4 Å². The van der Waals surface area contributed by atoms with Gasteiger partial charge in [-0.3, -0.25) is 9.69 Å². The van der Waals surface area contributed by atoms with Gasteiger partial charge in [-0.15, -0.1) is 0 Å². The van der Waals surface area contributed by atoms with Crippen LogP contribution in [-0.2, 0) is 9.53 Å². The number of halogens is 2. The van der Waals surface area contributed by atoms with E-state index in [1.807, 2.05) is 4.90 Å². The van der Waals surface area contributed by atoms with E-state index in [1.54, 1.807) is 7.11 Å². The lowest BCUT2D eigenvalue weighted by molar-refractivity contribution is -0.141. The minimum atomic E-state index is -0.943. The number of aliphatic carboxylic acids is 1. The van der Waals surface area contributed by atoms with Gasteiger partial charge in [0, 0.05) is 32.7 Å². The zero-order chi connectivity index (χ0) is 14.7. The maximum atomic E-state index is 13.3. The Kier molecular flexibility index (Phi) is 4.67. The predicted molar refractivity (Wildman–Crippen MR) is 68.5 cm³/mol. The zero-order valence-corrected chi connectivity index (χ0v) is 11.2. The molecule has 1 aliphatic rings. The quantitative estimate of drug-likeness (QED) is 0.895. The Bertz CT molecular complexity index is 495. The third-order valence-electron chi connectivity index (χ3n) is 3.70. The van der Waals surface area contributed by atoms with Crippen LogP contribution >= 0.6 is 0 Å². The summed E-state index contributed by atoms with van der Waals surface area (Å²) in [5.74, 6) is -3.73. The van der Waals surface area contributed by atoms with Crippen LogP contribution in [0.1, 0.15) is 11.5 Å². The molecule has 1 heterocycles. The van der Waals surface area contributed by atoms with Gasteiger partial charge in [0.2, 0.25) is 0 Å². The second kappa shape index (κ2) is 6.28. The number of nitrogens with zero attached hydrogens (tertiary/aromatic N) is 1. The summed E-state index contributed by atoms with van der Waals surface area (Å²) in [6.07, 6.45) is 0. The first-order valence-electron chi connectivity index (χ1n) is 6.42. The molecule has 1 fully saturated rings.